The fraction of sp³-hybridized carbons (Fsp3) is 0.600. The third kappa shape index (κ3) is 2.77. The van der Waals surface area contributed by atoms with Gasteiger partial charge in [-0.15, -0.1) is 0 Å². The van der Waals surface area contributed by atoms with Crippen LogP contribution >= 0.6 is 0 Å². The van der Waals surface area contributed by atoms with E-state index in [2.05, 4.69) is 28.8 Å². The van der Waals surface area contributed by atoms with Gasteiger partial charge in [0.05, 0.1) is 0 Å². The molecule has 5 heteroatoms. The number of aromatic nitrogens is 3. The molecule has 2 aromatic rings. The highest BCUT2D eigenvalue weighted by molar-refractivity contribution is 5.50. The van der Waals surface area contributed by atoms with Crippen molar-refractivity contribution in [2.45, 2.75) is 39.2 Å². The van der Waals surface area contributed by atoms with Crippen molar-refractivity contribution in [3.8, 4) is 0 Å². The molecular weight excluding hydrogens is 250 g/mol. The van der Waals surface area contributed by atoms with E-state index in [-0.39, 0.29) is 0 Å². The van der Waals surface area contributed by atoms with Crippen LogP contribution in [0.15, 0.2) is 18.3 Å². The first-order valence-electron chi connectivity index (χ1n) is 7.46. The van der Waals surface area contributed by atoms with Crippen LogP contribution in [0.2, 0.25) is 0 Å². The molecule has 0 spiro atoms. The molecule has 2 aromatic heterocycles. The lowest BCUT2D eigenvalue weighted by Gasteiger charge is -2.34. The minimum Gasteiger partial charge on any atom is -0.399 e. The monoisotopic (exact) mass is 273 g/mol. The summed E-state index contributed by atoms with van der Waals surface area (Å²) >= 11 is 0. The molecule has 1 saturated heterocycles. The smallest absolute Gasteiger partial charge is 0.157 e. The number of fused-ring (bicyclic) bond motifs is 1. The summed E-state index contributed by atoms with van der Waals surface area (Å²) in [4.78, 5) is 7.13. The lowest BCUT2D eigenvalue weighted by atomic mass is 9.93. The molecule has 0 unspecified atom stereocenters. The van der Waals surface area contributed by atoms with E-state index in [1.807, 2.05) is 22.8 Å². The van der Waals surface area contributed by atoms with Crippen molar-refractivity contribution in [2.24, 2.45) is 5.92 Å². The minimum atomic E-state index is 0.659. The molecule has 2 N–H and O–H groups in total. The Kier molecular flexibility index (Phi) is 3.61. The van der Waals surface area contributed by atoms with Crippen molar-refractivity contribution in [1.29, 1.82) is 0 Å². The third-order valence-corrected chi connectivity index (χ3v) is 4.26. The fourth-order valence-corrected chi connectivity index (χ4v) is 2.96. The molecule has 0 radical (unpaired) electrons. The molecular formula is C15H23N5. The second-order valence-corrected chi connectivity index (χ2v) is 6.07. The van der Waals surface area contributed by atoms with E-state index in [0.29, 0.717) is 12.0 Å². The lowest BCUT2D eigenvalue weighted by Crippen LogP contribution is -2.38. The molecule has 0 saturated carbocycles. The first-order chi connectivity index (χ1) is 9.61. The number of hydrogen-bond donors (Lipinski definition) is 1. The van der Waals surface area contributed by atoms with E-state index in [1.165, 1.54) is 25.9 Å². The average molecular weight is 273 g/mol. The first-order valence-corrected chi connectivity index (χ1v) is 7.46. The van der Waals surface area contributed by atoms with Gasteiger partial charge in [-0.3, -0.25) is 0 Å². The van der Waals surface area contributed by atoms with Gasteiger partial charge in [-0.25, -0.2) is 9.50 Å². The average Bonchev–Trinajstić information content (AvgIpc) is 2.80. The molecule has 1 aliphatic heterocycles. The van der Waals surface area contributed by atoms with E-state index in [1.54, 1.807) is 0 Å². The molecule has 108 valence electrons. The highest BCUT2D eigenvalue weighted by Gasteiger charge is 2.22. The summed E-state index contributed by atoms with van der Waals surface area (Å²) in [6.07, 6.45) is 5.35. The molecule has 0 aliphatic carbocycles. The number of likely N-dealkylation sites (tertiary alicyclic amines) is 1. The largest absolute Gasteiger partial charge is 0.399 e. The summed E-state index contributed by atoms with van der Waals surface area (Å²) in [6, 6.07) is 4.39. The van der Waals surface area contributed by atoms with Crippen LogP contribution in [0.1, 0.15) is 32.5 Å². The molecule has 0 atom stereocenters. The van der Waals surface area contributed by atoms with Gasteiger partial charge in [0, 0.05) is 30.4 Å². The molecule has 1 fully saturated rings. The topological polar surface area (TPSA) is 59.5 Å². The van der Waals surface area contributed by atoms with Crippen LogP contribution in [-0.4, -0.2) is 38.6 Å². The summed E-state index contributed by atoms with van der Waals surface area (Å²) in [5, 5.41) is 4.54. The lowest BCUT2D eigenvalue weighted by molar-refractivity contribution is 0.148. The van der Waals surface area contributed by atoms with Crippen LogP contribution in [0.4, 0.5) is 5.69 Å². The second-order valence-electron chi connectivity index (χ2n) is 6.07. The molecule has 1 aliphatic rings. The Hall–Kier alpha value is -1.62. The number of hydrogen-bond acceptors (Lipinski definition) is 4. The van der Waals surface area contributed by atoms with Gasteiger partial charge in [-0.2, -0.15) is 5.10 Å². The number of nitrogens with zero attached hydrogens (tertiary/aromatic N) is 4. The van der Waals surface area contributed by atoms with Gasteiger partial charge in [0.15, 0.2) is 11.5 Å². The number of nitrogens with two attached hydrogens (primary N) is 1. The quantitative estimate of drug-likeness (QED) is 0.929. The molecule has 0 bridgehead atoms. The highest BCUT2D eigenvalue weighted by Crippen LogP contribution is 2.22. The van der Waals surface area contributed by atoms with E-state index in [0.717, 1.165) is 23.6 Å². The first kappa shape index (κ1) is 13.4. The maximum atomic E-state index is 5.77. The van der Waals surface area contributed by atoms with Crippen LogP contribution in [-0.2, 0) is 6.42 Å². The molecule has 0 aromatic carbocycles. The van der Waals surface area contributed by atoms with Crippen LogP contribution in [0, 0.1) is 5.92 Å². The zero-order valence-corrected chi connectivity index (χ0v) is 12.3. The Labute approximate surface area is 119 Å². The van der Waals surface area contributed by atoms with Gasteiger partial charge >= 0.3 is 0 Å². The molecule has 0 amide bonds. The zero-order chi connectivity index (χ0) is 14.1. The van der Waals surface area contributed by atoms with Crippen LogP contribution in [0.5, 0.6) is 0 Å². The molecule has 3 heterocycles. The Balaban J connectivity index is 1.65. The minimum absolute atomic E-state index is 0.659. The number of piperidine rings is 1. The Morgan fingerprint density at radius 1 is 1.35 bits per heavy atom. The van der Waals surface area contributed by atoms with Crippen molar-refractivity contribution in [2.75, 3.05) is 18.8 Å². The predicted molar refractivity (Wildman–Crippen MR) is 80.5 cm³/mol. The predicted octanol–water partition coefficient (Wildman–Crippen LogP) is 1.97. The summed E-state index contributed by atoms with van der Waals surface area (Å²) < 4.78 is 1.81. The SMILES string of the molecule is CC(C)N1CCC(Cc2nc3cc(N)ccn3n2)CC1. The van der Waals surface area contributed by atoms with Crippen molar-refractivity contribution in [3.63, 3.8) is 0 Å². The molecule has 3 rings (SSSR count). The maximum absolute atomic E-state index is 5.77. The van der Waals surface area contributed by atoms with Crippen molar-refractivity contribution in [3.05, 3.63) is 24.2 Å². The van der Waals surface area contributed by atoms with E-state index in [9.17, 15) is 0 Å². The van der Waals surface area contributed by atoms with Gasteiger partial charge in [0.25, 0.3) is 0 Å². The summed E-state index contributed by atoms with van der Waals surface area (Å²) in [7, 11) is 0. The Morgan fingerprint density at radius 3 is 2.80 bits per heavy atom. The third-order valence-electron chi connectivity index (χ3n) is 4.26. The van der Waals surface area contributed by atoms with Crippen molar-refractivity contribution >= 4 is 11.3 Å². The van der Waals surface area contributed by atoms with Gasteiger partial charge in [-0.1, -0.05) is 0 Å². The van der Waals surface area contributed by atoms with E-state index < -0.39 is 0 Å². The van der Waals surface area contributed by atoms with Crippen LogP contribution in [0.25, 0.3) is 5.65 Å². The molecule has 5 nitrogen and oxygen atoms in total. The van der Waals surface area contributed by atoms with Gasteiger partial charge in [0.1, 0.15) is 0 Å². The second kappa shape index (κ2) is 5.40. The van der Waals surface area contributed by atoms with Gasteiger partial charge in [0.2, 0.25) is 0 Å². The summed E-state index contributed by atoms with van der Waals surface area (Å²) in [5.74, 6) is 1.65. The fourth-order valence-electron chi connectivity index (χ4n) is 2.96. The highest BCUT2D eigenvalue weighted by atomic mass is 15.3. The Bertz CT molecular complexity index is 581. The Morgan fingerprint density at radius 2 is 2.10 bits per heavy atom. The summed E-state index contributed by atoms with van der Waals surface area (Å²) in [5.41, 5.74) is 7.36. The summed E-state index contributed by atoms with van der Waals surface area (Å²) in [6.45, 7) is 6.94. The van der Waals surface area contributed by atoms with E-state index >= 15 is 0 Å². The number of pyridine rings is 1. The number of nitrogen functional groups attached to an aromatic ring is 1. The normalized spacial score (nSPS) is 18.1. The van der Waals surface area contributed by atoms with Crippen molar-refractivity contribution < 1.29 is 0 Å². The van der Waals surface area contributed by atoms with Crippen LogP contribution in [0.3, 0.4) is 0 Å². The zero-order valence-electron chi connectivity index (χ0n) is 12.3. The standard InChI is InChI=1S/C15H23N5/c1-11(2)19-6-3-12(4-7-19)9-14-17-15-10-13(16)5-8-20(15)18-14/h5,8,10-12H,3-4,6-7,9,16H2,1-2H3. The number of anilines is 1. The van der Waals surface area contributed by atoms with Gasteiger partial charge in [-0.05, 0) is 51.8 Å². The van der Waals surface area contributed by atoms with Crippen LogP contribution < -0.4 is 5.73 Å². The maximum Gasteiger partial charge on any atom is 0.157 e. The van der Waals surface area contributed by atoms with E-state index in [4.69, 9.17) is 5.73 Å². The van der Waals surface area contributed by atoms with Gasteiger partial charge < -0.3 is 10.6 Å². The number of rotatable bonds is 3. The molecule has 20 heavy (non-hydrogen) atoms. The van der Waals surface area contributed by atoms with Crippen molar-refractivity contribution in [1.82, 2.24) is 19.5 Å².